The van der Waals surface area contributed by atoms with Crippen molar-refractivity contribution < 1.29 is 19.1 Å². The summed E-state index contributed by atoms with van der Waals surface area (Å²) >= 11 is 0. The van der Waals surface area contributed by atoms with Crippen molar-refractivity contribution in [2.75, 3.05) is 19.0 Å². The number of amides is 1. The summed E-state index contributed by atoms with van der Waals surface area (Å²) in [7, 11) is 1.58. The number of nitrogens with one attached hydrogen (secondary N) is 1. The summed E-state index contributed by atoms with van der Waals surface area (Å²) in [6.07, 6.45) is 1.71. The van der Waals surface area contributed by atoms with Gasteiger partial charge in [-0.25, -0.2) is 4.79 Å². The molecule has 0 aromatic heterocycles. The molecule has 1 N–H and O–H groups in total. The van der Waals surface area contributed by atoms with E-state index < -0.39 is 5.97 Å². The zero-order valence-electron chi connectivity index (χ0n) is 19.4. The van der Waals surface area contributed by atoms with Crippen LogP contribution >= 0.6 is 0 Å². The molecule has 0 radical (unpaired) electrons. The number of methoxy groups -OCH3 is 1. The Labute approximate surface area is 195 Å². The van der Waals surface area contributed by atoms with E-state index in [0.29, 0.717) is 16.9 Å². The van der Waals surface area contributed by atoms with Crippen LogP contribution in [0, 0.1) is 6.92 Å². The zero-order valence-corrected chi connectivity index (χ0v) is 19.4. The molecule has 0 saturated carbocycles. The molecular formula is C28H29NO4. The molecule has 0 aliphatic heterocycles. The Bertz CT molecular complexity index is 1150. The fourth-order valence-electron chi connectivity index (χ4n) is 3.55. The molecule has 0 saturated heterocycles. The van der Waals surface area contributed by atoms with Crippen molar-refractivity contribution in [3.05, 3.63) is 95.1 Å². The van der Waals surface area contributed by atoms with Crippen LogP contribution in [0.2, 0.25) is 0 Å². The lowest BCUT2D eigenvalue weighted by molar-refractivity contribution is -0.141. The second-order valence-corrected chi connectivity index (χ2v) is 7.98. The highest BCUT2D eigenvalue weighted by molar-refractivity contribution is 6.22. The number of aryl methyl sites for hydroxylation is 1. The Morgan fingerprint density at radius 2 is 1.64 bits per heavy atom. The Hall–Kier alpha value is -3.86. The average molecular weight is 444 g/mol. The van der Waals surface area contributed by atoms with Crippen molar-refractivity contribution >= 4 is 29.2 Å². The quantitative estimate of drug-likeness (QED) is 0.269. The Morgan fingerprint density at radius 1 is 0.939 bits per heavy atom. The highest BCUT2D eigenvalue weighted by Crippen LogP contribution is 2.28. The summed E-state index contributed by atoms with van der Waals surface area (Å²) in [5.41, 5.74) is 4.53. The molecule has 0 atom stereocenters. The topological polar surface area (TPSA) is 64.6 Å². The van der Waals surface area contributed by atoms with Crippen LogP contribution in [0.5, 0.6) is 5.75 Å². The van der Waals surface area contributed by atoms with E-state index in [9.17, 15) is 9.59 Å². The first kappa shape index (κ1) is 23.8. The summed E-state index contributed by atoms with van der Waals surface area (Å²) in [5.74, 6) is -0.0890. The standard InChI is InChI=1S/C28H29NO4/c1-19(2)23-15-10-11-20(3)27(23)29-26(30)18-33-28(31)24(21-12-6-5-7-13-21)17-22-14-8-9-16-25(22)32-4/h5-17,19H,18H2,1-4H3,(H,29,30)/b24-17+. The summed E-state index contributed by atoms with van der Waals surface area (Å²) < 4.78 is 10.8. The van der Waals surface area contributed by atoms with Crippen molar-refractivity contribution in [2.45, 2.75) is 26.7 Å². The fourth-order valence-corrected chi connectivity index (χ4v) is 3.55. The van der Waals surface area contributed by atoms with Gasteiger partial charge in [0.1, 0.15) is 5.75 Å². The van der Waals surface area contributed by atoms with Gasteiger partial charge in [-0.05, 0) is 41.7 Å². The van der Waals surface area contributed by atoms with Crippen LogP contribution in [0.3, 0.4) is 0 Å². The molecule has 5 nitrogen and oxygen atoms in total. The number of carbonyl (C=O) groups excluding carboxylic acids is 2. The van der Waals surface area contributed by atoms with E-state index in [1.54, 1.807) is 13.2 Å². The molecule has 0 bridgehead atoms. The smallest absolute Gasteiger partial charge is 0.339 e. The maximum absolute atomic E-state index is 13.0. The zero-order chi connectivity index (χ0) is 23.8. The Kier molecular flexibility index (Phi) is 8.03. The van der Waals surface area contributed by atoms with Crippen LogP contribution in [0.15, 0.2) is 72.8 Å². The molecule has 3 aromatic carbocycles. The van der Waals surface area contributed by atoms with Crippen LogP contribution in [0.25, 0.3) is 11.6 Å². The molecule has 0 unspecified atom stereocenters. The van der Waals surface area contributed by atoms with E-state index in [2.05, 4.69) is 19.2 Å². The van der Waals surface area contributed by atoms with Gasteiger partial charge in [-0.2, -0.15) is 0 Å². The van der Waals surface area contributed by atoms with Gasteiger partial charge in [0, 0.05) is 11.3 Å². The van der Waals surface area contributed by atoms with Gasteiger partial charge in [0.15, 0.2) is 6.61 Å². The van der Waals surface area contributed by atoms with E-state index >= 15 is 0 Å². The van der Waals surface area contributed by atoms with Gasteiger partial charge >= 0.3 is 5.97 Å². The predicted octanol–water partition coefficient (Wildman–Crippen LogP) is 5.85. The molecule has 0 heterocycles. The summed E-state index contributed by atoms with van der Waals surface area (Å²) in [5, 5.41) is 2.91. The van der Waals surface area contributed by atoms with E-state index in [1.165, 1.54) is 0 Å². The maximum Gasteiger partial charge on any atom is 0.339 e. The highest BCUT2D eigenvalue weighted by atomic mass is 16.5. The first-order chi connectivity index (χ1) is 15.9. The average Bonchev–Trinajstić information content (AvgIpc) is 2.82. The maximum atomic E-state index is 13.0. The predicted molar refractivity (Wildman–Crippen MR) is 132 cm³/mol. The van der Waals surface area contributed by atoms with E-state index in [1.807, 2.05) is 79.7 Å². The molecule has 0 aliphatic rings. The van der Waals surface area contributed by atoms with Crippen LogP contribution in [-0.4, -0.2) is 25.6 Å². The van der Waals surface area contributed by atoms with Gasteiger partial charge in [0.25, 0.3) is 5.91 Å². The minimum Gasteiger partial charge on any atom is -0.496 e. The minimum absolute atomic E-state index is 0.246. The van der Waals surface area contributed by atoms with Gasteiger partial charge in [-0.1, -0.05) is 80.6 Å². The summed E-state index contributed by atoms with van der Waals surface area (Å²) in [6, 6.07) is 22.5. The molecule has 3 rings (SSSR count). The molecule has 5 heteroatoms. The third-order valence-electron chi connectivity index (χ3n) is 5.27. The number of para-hydroxylation sites is 2. The van der Waals surface area contributed by atoms with Gasteiger partial charge in [0.05, 0.1) is 12.7 Å². The van der Waals surface area contributed by atoms with Gasteiger partial charge in [-0.15, -0.1) is 0 Å². The number of hydrogen-bond acceptors (Lipinski definition) is 4. The van der Waals surface area contributed by atoms with Crippen LogP contribution in [0.1, 0.15) is 42.0 Å². The van der Waals surface area contributed by atoms with Crippen molar-refractivity contribution in [3.8, 4) is 5.75 Å². The van der Waals surface area contributed by atoms with Crippen molar-refractivity contribution in [3.63, 3.8) is 0 Å². The lowest BCUT2D eigenvalue weighted by Gasteiger charge is -2.16. The van der Waals surface area contributed by atoms with Crippen LogP contribution < -0.4 is 10.1 Å². The van der Waals surface area contributed by atoms with E-state index in [0.717, 1.165) is 22.4 Å². The number of esters is 1. The van der Waals surface area contributed by atoms with Crippen molar-refractivity contribution in [2.24, 2.45) is 0 Å². The number of anilines is 1. The Morgan fingerprint density at radius 3 is 2.33 bits per heavy atom. The van der Waals surface area contributed by atoms with Crippen LogP contribution in [-0.2, 0) is 14.3 Å². The van der Waals surface area contributed by atoms with Crippen molar-refractivity contribution in [1.82, 2.24) is 0 Å². The largest absolute Gasteiger partial charge is 0.496 e. The molecule has 3 aromatic rings. The molecule has 0 fully saturated rings. The number of carbonyl (C=O) groups is 2. The summed E-state index contributed by atoms with van der Waals surface area (Å²) in [4.78, 5) is 25.7. The monoisotopic (exact) mass is 443 g/mol. The first-order valence-corrected chi connectivity index (χ1v) is 10.9. The molecule has 1 amide bonds. The molecule has 0 aliphatic carbocycles. The molecule has 170 valence electrons. The lowest BCUT2D eigenvalue weighted by Crippen LogP contribution is -2.22. The second-order valence-electron chi connectivity index (χ2n) is 7.98. The third kappa shape index (κ3) is 6.10. The second kappa shape index (κ2) is 11.1. The van der Waals surface area contributed by atoms with Gasteiger partial charge in [0.2, 0.25) is 0 Å². The Balaban J connectivity index is 1.80. The summed E-state index contributed by atoms with van der Waals surface area (Å²) in [6.45, 7) is 5.69. The fraction of sp³-hybridized carbons (Fsp3) is 0.214. The normalized spacial score (nSPS) is 11.2. The molecular weight excluding hydrogens is 414 g/mol. The number of ether oxygens (including phenoxy) is 2. The number of benzene rings is 3. The van der Waals surface area contributed by atoms with E-state index in [4.69, 9.17) is 9.47 Å². The highest BCUT2D eigenvalue weighted by Gasteiger charge is 2.18. The number of hydrogen-bond donors (Lipinski definition) is 1. The molecule has 0 spiro atoms. The van der Waals surface area contributed by atoms with Gasteiger partial charge < -0.3 is 14.8 Å². The minimum atomic E-state index is -0.587. The lowest BCUT2D eigenvalue weighted by atomic mass is 9.98. The number of rotatable bonds is 8. The van der Waals surface area contributed by atoms with Crippen LogP contribution in [0.4, 0.5) is 5.69 Å². The van der Waals surface area contributed by atoms with E-state index in [-0.39, 0.29) is 18.4 Å². The van der Waals surface area contributed by atoms with Crippen molar-refractivity contribution in [1.29, 1.82) is 0 Å². The van der Waals surface area contributed by atoms with Gasteiger partial charge in [-0.3, -0.25) is 4.79 Å². The first-order valence-electron chi connectivity index (χ1n) is 10.9. The SMILES string of the molecule is COc1ccccc1/C=C(/C(=O)OCC(=O)Nc1c(C)cccc1C(C)C)c1ccccc1. The molecule has 33 heavy (non-hydrogen) atoms. The third-order valence-corrected chi connectivity index (χ3v) is 5.27.